The highest BCUT2D eigenvalue weighted by Crippen LogP contribution is 2.22. The van der Waals surface area contributed by atoms with E-state index in [0.29, 0.717) is 11.4 Å². The Balaban J connectivity index is 2.18. The number of ether oxygens (including phenoxy) is 1. The first-order chi connectivity index (χ1) is 9.41. The normalized spacial score (nSPS) is 11.2. The van der Waals surface area contributed by atoms with Crippen LogP contribution in [0.2, 0.25) is 0 Å². The number of hydrogen-bond acceptors (Lipinski definition) is 4. The second kappa shape index (κ2) is 5.32. The van der Waals surface area contributed by atoms with Gasteiger partial charge in [-0.1, -0.05) is 20.8 Å². The first kappa shape index (κ1) is 14.0. The summed E-state index contributed by atoms with van der Waals surface area (Å²) >= 11 is 0. The van der Waals surface area contributed by atoms with Crippen LogP contribution in [0.15, 0.2) is 24.4 Å². The van der Waals surface area contributed by atoms with Gasteiger partial charge in [0.05, 0.1) is 7.11 Å². The van der Waals surface area contributed by atoms with Gasteiger partial charge in [0.25, 0.3) is 5.91 Å². The Kier molecular flexibility index (Phi) is 3.74. The van der Waals surface area contributed by atoms with E-state index < -0.39 is 0 Å². The second-order valence-electron chi connectivity index (χ2n) is 5.43. The van der Waals surface area contributed by atoms with Gasteiger partial charge >= 0.3 is 0 Å². The van der Waals surface area contributed by atoms with Crippen LogP contribution in [0.4, 0.5) is 5.82 Å². The van der Waals surface area contributed by atoms with E-state index in [4.69, 9.17) is 4.74 Å². The molecular weight excluding hydrogens is 256 g/mol. The summed E-state index contributed by atoms with van der Waals surface area (Å²) in [7, 11) is 1.48. The van der Waals surface area contributed by atoms with Crippen LogP contribution in [-0.2, 0) is 5.41 Å². The SMILES string of the molecule is COc1ncccc1C(=O)Nc1cc(C(C)(C)C)[nH]n1. The molecule has 106 valence electrons. The van der Waals surface area contributed by atoms with E-state index in [0.717, 1.165) is 5.69 Å². The number of carbonyl (C=O) groups excluding carboxylic acids is 1. The molecule has 6 nitrogen and oxygen atoms in total. The van der Waals surface area contributed by atoms with Crippen LogP contribution in [0.3, 0.4) is 0 Å². The maximum absolute atomic E-state index is 12.2. The van der Waals surface area contributed by atoms with Crippen molar-refractivity contribution in [2.24, 2.45) is 0 Å². The van der Waals surface area contributed by atoms with Crippen molar-refractivity contribution in [2.45, 2.75) is 26.2 Å². The van der Waals surface area contributed by atoms with Gasteiger partial charge in [-0.3, -0.25) is 9.89 Å². The van der Waals surface area contributed by atoms with E-state index in [-0.39, 0.29) is 17.2 Å². The Labute approximate surface area is 117 Å². The number of aromatic nitrogens is 3. The van der Waals surface area contributed by atoms with Crippen LogP contribution in [-0.4, -0.2) is 28.2 Å². The van der Waals surface area contributed by atoms with Crippen molar-refractivity contribution >= 4 is 11.7 Å². The highest BCUT2D eigenvalue weighted by molar-refractivity contribution is 6.05. The third-order valence-electron chi connectivity index (χ3n) is 2.84. The Morgan fingerprint density at radius 2 is 2.15 bits per heavy atom. The summed E-state index contributed by atoms with van der Waals surface area (Å²) in [6.45, 7) is 6.20. The fraction of sp³-hybridized carbons (Fsp3) is 0.357. The minimum Gasteiger partial charge on any atom is -0.480 e. The Morgan fingerprint density at radius 3 is 2.75 bits per heavy atom. The fourth-order valence-electron chi connectivity index (χ4n) is 1.68. The van der Waals surface area contributed by atoms with Gasteiger partial charge in [0, 0.05) is 23.4 Å². The van der Waals surface area contributed by atoms with E-state index in [9.17, 15) is 4.79 Å². The molecule has 2 rings (SSSR count). The molecule has 0 radical (unpaired) electrons. The monoisotopic (exact) mass is 274 g/mol. The lowest BCUT2D eigenvalue weighted by molar-refractivity contribution is 0.102. The van der Waals surface area contributed by atoms with Crippen LogP contribution in [0, 0.1) is 0 Å². The van der Waals surface area contributed by atoms with Crippen molar-refractivity contribution in [1.29, 1.82) is 0 Å². The van der Waals surface area contributed by atoms with Crippen molar-refractivity contribution in [3.63, 3.8) is 0 Å². The van der Waals surface area contributed by atoms with Crippen LogP contribution in [0.5, 0.6) is 5.88 Å². The second-order valence-corrected chi connectivity index (χ2v) is 5.43. The Morgan fingerprint density at radius 1 is 1.40 bits per heavy atom. The number of anilines is 1. The predicted molar refractivity (Wildman–Crippen MR) is 76.0 cm³/mol. The van der Waals surface area contributed by atoms with Crippen LogP contribution >= 0.6 is 0 Å². The number of aromatic amines is 1. The first-order valence-electron chi connectivity index (χ1n) is 6.28. The lowest BCUT2D eigenvalue weighted by Crippen LogP contribution is -2.14. The van der Waals surface area contributed by atoms with Gasteiger partial charge in [-0.15, -0.1) is 0 Å². The molecule has 0 aromatic carbocycles. The van der Waals surface area contributed by atoms with Crippen molar-refractivity contribution in [1.82, 2.24) is 15.2 Å². The van der Waals surface area contributed by atoms with Crippen LogP contribution in [0.1, 0.15) is 36.8 Å². The van der Waals surface area contributed by atoms with E-state index in [1.807, 2.05) is 6.07 Å². The molecule has 1 amide bonds. The quantitative estimate of drug-likeness (QED) is 0.900. The van der Waals surface area contributed by atoms with Gasteiger partial charge in [-0.2, -0.15) is 5.10 Å². The van der Waals surface area contributed by atoms with E-state index in [1.54, 1.807) is 18.3 Å². The summed E-state index contributed by atoms with van der Waals surface area (Å²) in [4.78, 5) is 16.2. The average molecular weight is 274 g/mol. The van der Waals surface area contributed by atoms with Crippen LogP contribution in [0.25, 0.3) is 0 Å². The lowest BCUT2D eigenvalue weighted by atomic mass is 9.92. The molecule has 0 saturated carbocycles. The lowest BCUT2D eigenvalue weighted by Gasteiger charge is -2.14. The van der Waals surface area contributed by atoms with Gasteiger partial charge in [0.15, 0.2) is 5.82 Å². The fourth-order valence-corrected chi connectivity index (χ4v) is 1.68. The number of H-pyrrole nitrogens is 1. The molecule has 20 heavy (non-hydrogen) atoms. The Bertz CT molecular complexity index is 614. The average Bonchev–Trinajstić information content (AvgIpc) is 2.87. The molecule has 0 unspecified atom stereocenters. The number of hydrogen-bond donors (Lipinski definition) is 2. The number of methoxy groups -OCH3 is 1. The van der Waals surface area contributed by atoms with Crippen molar-refractivity contribution in [3.05, 3.63) is 35.7 Å². The molecule has 0 atom stereocenters. The number of carbonyl (C=O) groups is 1. The smallest absolute Gasteiger partial charge is 0.262 e. The van der Waals surface area contributed by atoms with Gasteiger partial charge in [-0.05, 0) is 12.1 Å². The zero-order valence-corrected chi connectivity index (χ0v) is 12.0. The van der Waals surface area contributed by atoms with Crippen LogP contribution < -0.4 is 10.1 Å². The summed E-state index contributed by atoms with van der Waals surface area (Å²) in [5, 5.41) is 9.73. The molecule has 2 heterocycles. The highest BCUT2D eigenvalue weighted by atomic mass is 16.5. The Hall–Kier alpha value is -2.37. The maximum atomic E-state index is 12.2. The molecule has 0 spiro atoms. The molecule has 0 aliphatic carbocycles. The van der Waals surface area contributed by atoms with Gasteiger partial charge in [-0.25, -0.2) is 4.98 Å². The molecule has 2 N–H and O–H groups in total. The van der Waals surface area contributed by atoms with E-state index >= 15 is 0 Å². The number of pyridine rings is 1. The molecule has 0 fully saturated rings. The largest absolute Gasteiger partial charge is 0.480 e. The topological polar surface area (TPSA) is 79.9 Å². The first-order valence-corrected chi connectivity index (χ1v) is 6.28. The summed E-state index contributed by atoms with van der Waals surface area (Å²) in [5.41, 5.74) is 1.27. The van der Waals surface area contributed by atoms with E-state index in [1.165, 1.54) is 7.11 Å². The van der Waals surface area contributed by atoms with Gasteiger partial charge in [0.2, 0.25) is 5.88 Å². The molecule has 2 aromatic rings. The number of amides is 1. The van der Waals surface area contributed by atoms with Crippen molar-refractivity contribution < 1.29 is 9.53 Å². The van der Waals surface area contributed by atoms with Gasteiger partial charge in [0.1, 0.15) is 5.56 Å². The molecule has 2 aromatic heterocycles. The number of nitrogens with one attached hydrogen (secondary N) is 2. The molecule has 6 heteroatoms. The summed E-state index contributed by atoms with van der Waals surface area (Å²) in [5.74, 6) is 0.462. The molecule has 0 bridgehead atoms. The minimum atomic E-state index is -0.304. The number of rotatable bonds is 3. The zero-order chi connectivity index (χ0) is 14.8. The van der Waals surface area contributed by atoms with E-state index in [2.05, 4.69) is 41.3 Å². The minimum absolute atomic E-state index is 0.0536. The highest BCUT2D eigenvalue weighted by Gasteiger charge is 2.19. The maximum Gasteiger partial charge on any atom is 0.262 e. The molecule has 0 aliphatic heterocycles. The standard InChI is InChI=1S/C14H18N4O2/c1-14(2,3)10-8-11(18-17-10)16-12(19)9-6-5-7-15-13(9)20-4/h5-8H,1-4H3,(H2,16,17,18,19). The predicted octanol–water partition coefficient (Wildman–Crippen LogP) is 2.36. The summed E-state index contributed by atoms with van der Waals surface area (Å²) < 4.78 is 5.06. The number of nitrogens with zero attached hydrogens (tertiary/aromatic N) is 2. The van der Waals surface area contributed by atoms with Gasteiger partial charge < -0.3 is 10.1 Å². The molecule has 0 aliphatic rings. The molecule has 0 saturated heterocycles. The third-order valence-corrected chi connectivity index (χ3v) is 2.84. The van der Waals surface area contributed by atoms with Crippen molar-refractivity contribution in [3.8, 4) is 5.88 Å². The summed E-state index contributed by atoms with van der Waals surface area (Å²) in [6, 6.07) is 5.15. The third kappa shape index (κ3) is 2.96. The van der Waals surface area contributed by atoms with Crippen molar-refractivity contribution in [2.75, 3.05) is 12.4 Å². The molecular formula is C14H18N4O2. The zero-order valence-electron chi connectivity index (χ0n) is 12.0. The summed E-state index contributed by atoms with van der Waals surface area (Å²) in [6.07, 6.45) is 1.57.